The third-order valence-corrected chi connectivity index (χ3v) is 0. The molecule has 4 heteroatoms. The van der Waals surface area contributed by atoms with Crippen molar-refractivity contribution in [1.82, 2.24) is 6.15 Å². The van der Waals surface area contributed by atoms with Crippen molar-refractivity contribution in [2.75, 3.05) is 0 Å². The van der Waals surface area contributed by atoms with Crippen molar-refractivity contribution in [3.63, 3.8) is 0 Å². The van der Waals surface area contributed by atoms with Gasteiger partial charge in [0.05, 0.1) is 0 Å². The molecule has 0 amide bonds. The van der Waals surface area contributed by atoms with Gasteiger partial charge in [-0.25, -0.2) is 0 Å². The van der Waals surface area contributed by atoms with Crippen molar-refractivity contribution in [2.24, 2.45) is 0 Å². The molecule has 0 heterocycles. The van der Waals surface area contributed by atoms with Crippen molar-refractivity contribution in [3.05, 3.63) is 0 Å². The molecule has 24 valence electrons. The summed E-state index contributed by atoms with van der Waals surface area (Å²) < 4.78 is 0. The summed E-state index contributed by atoms with van der Waals surface area (Å²) in [6.07, 6.45) is 0. The van der Waals surface area contributed by atoms with Gasteiger partial charge in [0, 0.05) is 0 Å². The molecule has 0 rings (SSSR count). The fourth-order valence-corrected chi connectivity index (χ4v) is 0. The van der Waals surface area contributed by atoms with Crippen LogP contribution in [0.5, 0.6) is 0 Å². The van der Waals surface area contributed by atoms with E-state index in [1.54, 1.807) is 0 Å². The third-order valence-electron chi connectivity index (χ3n) is 0. The minimum absolute atomic E-state index is 0. The Morgan fingerprint density at radius 2 is 1.00 bits per heavy atom. The Hall–Kier alpha value is 0.503. The molecule has 0 unspecified atom stereocenters. The van der Waals surface area contributed by atoms with Gasteiger partial charge in [0.25, 0.3) is 0 Å². The normalized spacial score (nSPS) is 0. The molecule has 0 aromatic rings. The summed E-state index contributed by atoms with van der Waals surface area (Å²) in [5.74, 6) is 0. The van der Waals surface area contributed by atoms with Gasteiger partial charge in [0.2, 0.25) is 0 Å². The van der Waals surface area contributed by atoms with Gasteiger partial charge in [-0.3, -0.25) is 0 Å². The van der Waals surface area contributed by atoms with Gasteiger partial charge in [0.15, 0.2) is 0 Å². The molecule has 0 atom stereocenters. The molecule has 0 bridgehead atoms. The molecular formula is H5NO2Zn. The van der Waals surface area contributed by atoms with Crippen molar-refractivity contribution in [2.45, 2.75) is 0 Å². The topological polar surface area (TPSA) is 95.0 Å². The predicted octanol–water partition coefficient (Wildman–Crippen LogP) is -0.784. The second-order valence-electron chi connectivity index (χ2n) is 0. The molecule has 3 nitrogen and oxygen atoms in total. The first kappa shape index (κ1) is 218. The summed E-state index contributed by atoms with van der Waals surface area (Å²) in [6.45, 7) is 0. The molecule has 5 N–H and O–H groups in total. The van der Waals surface area contributed by atoms with Crippen molar-refractivity contribution < 1.29 is 30.4 Å². The van der Waals surface area contributed by atoms with Crippen molar-refractivity contribution >= 4 is 0 Å². The zero-order valence-corrected chi connectivity index (χ0v) is 5.29. The molecular weight excluding hydrogens is 111 g/mol. The summed E-state index contributed by atoms with van der Waals surface area (Å²) >= 11 is 0. The largest absolute Gasteiger partial charge is 2.00 e. The van der Waals surface area contributed by atoms with Gasteiger partial charge in [-0.05, 0) is 0 Å². The van der Waals surface area contributed by atoms with E-state index in [1.165, 1.54) is 0 Å². The van der Waals surface area contributed by atoms with E-state index in [1.807, 2.05) is 0 Å². The SMILES string of the molecule is N.O.[O-2].[Zn+2]. The van der Waals surface area contributed by atoms with E-state index in [-0.39, 0.29) is 36.6 Å². The molecule has 4 heavy (non-hydrogen) atoms. The minimum Gasteiger partial charge on any atom is -2.00 e. The Balaban J connectivity index is 0. The molecule has 0 saturated carbocycles. The van der Waals surface area contributed by atoms with Gasteiger partial charge in [0.1, 0.15) is 0 Å². The fraction of sp³-hybridized carbons (Fsp3) is 0. The smallest absolute Gasteiger partial charge is 2.00 e. The van der Waals surface area contributed by atoms with E-state index in [0.717, 1.165) is 0 Å². The van der Waals surface area contributed by atoms with Crippen LogP contribution in [-0.2, 0) is 25.0 Å². The van der Waals surface area contributed by atoms with Crippen LogP contribution in [0, 0.1) is 0 Å². The first-order valence-electron chi connectivity index (χ1n) is 0. The molecule has 0 fully saturated rings. The van der Waals surface area contributed by atoms with Gasteiger partial charge in [-0.15, -0.1) is 0 Å². The number of rotatable bonds is 0. The Morgan fingerprint density at radius 1 is 1.00 bits per heavy atom. The van der Waals surface area contributed by atoms with E-state index in [9.17, 15) is 0 Å². The second-order valence-corrected chi connectivity index (χ2v) is 0. The van der Waals surface area contributed by atoms with E-state index in [2.05, 4.69) is 0 Å². The Kier molecular flexibility index (Phi) is 4730. The second kappa shape index (κ2) is 86.6. The van der Waals surface area contributed by atoms with E-state index >= 15 is 0 Å². The zero-order chi connectivity index (χ0) is 0. The van der Waals surface area contributed by atoms with Crippen LogP contribution in [0.2, 0.25) is 0 Å². The number of hydrogen-bond donors (Lipinski definition) is 1. The summed E-state index contributed by atoms with van der Waals surface area (Å²) in [4.78, 5) is 0. The summed E-state index contributed by atoms with van der Waals surface area (Å²) in [5.41, 5.74) is 0. The van der Waals surface area contributed by atoms with Gasteiger partial charge in [-0.1, -0.05) is 0 Å². The summed E-state index contributed by atoms with van der Waals surface area (Å²) in [6, 6.07) is 0. The first-order valence-corrected chi connectivity index (χ1v) is 0. The average molecular weight is 116 g/mol. The van der Waals surface area contributed by atoms with E-state index in [4.69, 9.17) is 0 Å². The first-order chi connectivity index (χ1) is 0. The molecule has 0 aliphatic heterocycles. The average Bonchev–Trinajstić information content (AvgIpc) is 0. The molecule has 0 aliphatic carbocycles. The van der Waals surface area contributed by atoms with Crippen LogP contribution in [0.4, 0.5) is 0 Å². The Bertz CT molecular complexity index is 6.00. The standard InChI is InChI=1S/H3N.H2O.O.Zn/h1H3;1H2;;/q;;-2;+2. The van der Waals surface area contributed by atoms with Crippen LogP contribution in [0.1, 0.15) is 0 Å². The quantitative estimate of drug-likeness (QED) is 0.413. The maximum Gasteiger partial charge on any atom is 2.00 e. The van der Waals surface area contributed by atoms with E-state index < -0.39 is 0 Å². The van der Waals surface area contributed by atoms with Crippen LogP contribution >= 0.6 is 0 Å². The van der Waals surface area contributed by atoms with Crippen LogP contribution in [0.3, 0.4) is 0 Å². The van der Waals surface area contributed by atoms with Crippen LogP contribution in [0.15, 0.2) is 0 Å². The summed E-state index contributed by atoms with van der Waals surface area (Å²) in [7, 11) is 0. The molecule has 0 spiro atoms. The minimum atomic E-state index is 0. The monoisotopic (exact) mass is 115 g/mol. The summed E-state index contributed by atoms with van der Waals surface area (Å²) in [5, 5.41) is 0. The Labute approximate surface area is 37.3 Å². The molecule has 0 aromatic carbocycles. The van der Waals surface area contributed by atoms with Gasteiger partial charge in [-0.2, -0.15) is 0 Å². The maximum atomic E-state index is 0. The Morgan fingerprint density at radius 3 is 1.00 bits per heavy atom. The number of hydrogen-bond acceptors (Lipinski definition) is 1. The zero-order valence-electron chi connectivity index (χ0n) is 2.32. The van der Waals surface area contributed by atoms with E-state index in [0.29, 0.717) is 0 Å². The van der Waals surface area contributed by atoms with Gasteiger partial charge >= 0.3 is 19.5 Å². The fourth-order valence-electron chi connectivity index (χ4n) is 0. The van der Waals surface area contributed by atoms with Crippen LogP contribution in [-0.4, -0.2) is 5.48 Å². The van der Waals surface area contributed by atoms with Crippen molar-refractivity contribution in [1.29, 1.82) is 0 Å². The predicted molar refractivity (Wildman–Crippen MR) is 9.32 cm³/mol. The van der Waals surface area contributed by atoms with Crippen LogP contribution in [0.25, 0.3) is 0 Å². The third kappa shape index (κ3) is 22.3. The molecule has 0 aliphatic rings. The maximum absolute atomic E-state index is 0. The molecule has 0 saturated heterocycles. The van der Waals surface area contributed by atoms with Crippen molar-refractivity contribution in [3.8, 4) is 0 Å². The molecule has 0 aromatic heterocycles. The molecule has 0 radical (unpaired) electrons. The van der Waals surface area contributed by atoms with Gasteiger partial charge < -0.3 is 17.1 Å². The van der Waals surface area contributed by atoms with Crippen LogP contribution < -0.4 is 6.15 Å².